The van der Waals surface area contributed by atoms with Crippen LogP contribution in [0.15, 0.2) is 59.3 Å². The zero-order valence-corrected chi connectivity index (χ0v) is 15.2. The molecule has 124 valence electrons. The Morgan fingerprint density at radius 1 is 0.818 bits per heavy atom. The van der Waals surface area contributed by atoms with E-state index in [1.807, 2.05) is 0 Å². The van der Waals surface area contributed by atoms with Crippen molar-refractivity contribution in [2.45, 2.75) is 60.3 Å². The van der Waals surface area contributed by atoms with E-state index < -0.39 is 0 Å². The lowest BCUT2D eigenvalue weighted by molar-refractivity contribution is 0.891. The van der Waals surface area contributed by atoms with E-state index in [1.54, 1.807) is 0 Å². The van der Waals surface area contributed by atoms with Crippen molar-refractivity contribution >= 4 is 0 Å². The van der Waals surface area contributed by atoms with Crippen LogP contribution in [0.1, 0.15) is 60.3 Å². The summed E-state index contributed by atoms with van der Waals surface area (Å²) in [5.41, 5.74) is 9.83. The van der Waals surface area contributed by atoms with Crippen LogP contribution >= 0.6 is 0 Å². The highest BCUT2D eigenvalue weighted by atomic mass is 14.5. The van der Waals surface area contributed by atoms with Gasteiger partial charge < -0.3 is 5.73 Å². The number of nitrogens with two attached hydrogens (primary N) is 1. The van der Waals surface area contributed by atoms with Crippen LogP contribution in [0.5, 0.6) is 0 Å². The van der Waals surface area contributed by atoms with Crippen molar-refractivity contribution in [3.63, 3.8) is 0 Å². The van der Waals surface area contributed by atoms with Crippen molar-refractivity contribution in [1.82, 2.24) is 0 Å². The molecule has 22 heavy (non-hydrogen) atoms. The molecule has 0 amide bonds. The summed E-state index contributed by atoms with van der Waals surface area (Å²) < 4.78 is 0. The van der Waals surface area contributed by atoms with Crippen LogP contribution in [0.2, 0.25) is 0 Å². The lowest BCUT2D eigenvalue weighted by Crippen LogP contribution is -1.94. The van der Waals surface area contributed by atoms with Crippen molar-refractivity contribution in [2.24, 2.45) is 11.7 Å². The van der Waals surface area contributed by atoms with Gasteiger partial charge >= 0.3 is 0 Å². The number of hydrogen-bond acceptors (Lipinski definition) is 1. The number of allylic oxidation sites excluding steroid dienone is 9. The molecule has 0 aliphatic heterocycles. The van der Waals surface area contributed by atoms with Gasteiger partial charge in [-0.15, -0.1) is 0 Å². The van der Waals surface area contributed by atoms with Gasteiger partial charge in [0.2, 0.25) is 0 Å². The molecule has 0 rings (SSSR count). The molecule has 0 radical (unpaired) electrons. The Labute approximate surface area is 138 Å². The van der Waals surface area contributed by atoms with Crippen LogP contribution in [0.3, 0.4) is 0 Å². The van der Waals surface area contributed by atoms with E-state index in [0.717, 1.165) is 25.7 Å². The first-order chi connectivity index (χ1) is 10.5. The monoisotopic (exact) mass is 301 g/mol. The molecule has 0 aliphatic rings. The quantitative estimate of drug-likeness (QED) is 0.484. The molecule has 0 saturated heterocycles. The van der Waals surface area contributed by atoms with Crippen molar-refractivity contribution in [1.29, 1.82) is 0 Å². The lowest BCUT2D eigenvalue weighted by atomic mass is 9.97. The minimum Gasteiger partial charge on any atom is -0.327 e. The number of rotatable bonds is 10. The van der Waals surface area contributed by atoms with Crippen LogP contribution in [-0.4, -0.2) is 6.54 Å². The summed E-state index contributed by atoms with van der Waals surface area (Å²) in [5, 5.41) is 0. The van der Waals surface area contributed by atoms with Crippen molar-refractivity contribution < 1.29 is 0 Å². The van der Waals surface area contributed by atoms with Gasteiger partial charge in [0, 0.05) is 12.5 Å². The maximum absolute atomic E-state index is 5.51. The molecule has 0 aromatic heterocycles. The van der Waals surface area contributed by atoms with Crippen molar-refractivity contribution in [3.05, 3.63) is 59.3 Å². The maximum atomic E-state index is 5.51. The second-order valence-electron chi connectivity index (χ2n) is 5.94. The Morgan fingerprint density at radius 2 is 1.32 bits per heavy atom. The van der Waals surface area contributed by atoms with Crippen LogP contribution in [0.25, 0.3) is 0 Å². The summed E-state index contributed by atoms with van der Waals surface area (Å²) >= 11 is 0. The Balaban J connectivity index is 4.30. The molecule has 0 bridgehead atoms. The topological polar surface area (TPSA) is 26.0 Å². The third-order valence-electron chi connectivity index (χ3n) is 3.83. The normalized spacial score (nSPS) is 16.0. The first-order valence-electron chi connectivity index (χ1n) is 8.48. The predicted octanol–water partition coefficient (Wildman–Crippen LogP) is 6.11. The van der Waals surface area contributed by atoms with E-state index in [-0.39, 0.29) is 0 Å². The van der Waals surface area contributed by atoms with Gasteiger partial charge in [-0.3, -0.25) is 0 Å². The summed E-state index contributed by atoms with van der Waals surface area (Å²) in [6.07, 6.45) is 20.1. The Bertz CT molecular complexity index is 421. The smallest absolute Gasteiger partial charge is 0.0154 e. The fraction of sp³-hybridized carbons (Fsp3) is 0.524. The first-order valence-corrected chi connectivity index (χ1v) is 8.48. The molecule has 0 unspecified atom stereocenters. The Kier molecular flexibility index (Phi) is 12.5. The van der Waals surface area contributed by atoms with E-state index in [1.165, 1.54) is 16.7 Å². The minimum absolute atomic E-state index is 0.448. The second kappa shape index (κ2) is 13.3. The Morgan fingerprint density at radius 3 is 1.82 bits per heavy atom. The molecule has 0 heterocycles. The molecule has 1 nitrogen and oxygen atoms in total. The maximum Gasteiger partial charge on any atom is 0.0154 e. The minimum atomic E-state index is 0.448. The molecule has 1 heteroatoms. The largest absolute Gasteiger partial charge is 0.327 e. The highest BCUT2D eigenvalue weighted by molar-refractivity contribution is 5.18. The lowest BCUT2D eigenvalue weighted by Gasteiger charge is -2.09. The molecule has 0 saturated carbocycles. The summed E-state index contributed by atoms with van der Waals surface area (Å²) in [6.45, 7) is 11.4. The summed E-state index contributed by atoms with van der Waals surface area (Å²) in [4.78, 5) is 0. The third kappa shape index (κ3) is 10.4. The molecule has 0 aliphatic carbocycles. The Hall–Kier alpha value is -1.34. The summed E-state index contributed by atoms with van der Waals surface area (Å²) in [7, 11) is 0. The van der Waals surface area contributed by atoms with Gasteiger partial charge in [0.05, 0.1) is 0 Å². The molecule has 0 aromatic carbocycles. The zero-order chi connectivity index (χ0) is 16.8. The van der Waals surface area contributed by atoms with Crippen LogP contribution in [-0.2, 0) is 0 Å². The van der Waals surface area contributed by atoms with Crippen molar-refractivity contribution in [2.75, 3.05) is 6.54 Å². The molecule has 0 aromatic rings. The predicted molar refractivity (Wildman–Crippen MR) is 102 cm³/mol. The molecular formula is C21H35N. The zero-order valence-electron chi connectivity index (χ0n) is 15.2. The average Bonchev–Trinajstić information content (AvgIpc) is 2.47. The first kappa shape index (κ1) is 20.7. The second-order valence-corrected chi connectivity index (χ2v) is 5.94. The van der Waals surface area contributed by atoms with E-state index in [2.05, 4.69) is 77.2 Å². The fourth-order valence-corrected chi connectivity index (χ4v) is 2.40. The van der Waals surface area contributed by atoms with Gasteiger partial charge in [-0.05, 0) is 60.3 Å². The molecule has 0 atom stereocenters. The molecule has 0 spiro atoms. The van der Waals surface area contributed by atoms with Crippen LogP contribution < -0.4 is 5.73 Å². The molecular weight excluding hydrogens is 266 g/mol. The van der Waals surface area contributed by atoms with E-state index in [0.29, 0.717) is 12.5 Å². The SMILES string of the molecule is CC=CC(C=CC)C(C)=CCCC(C)=CCCC(C)=CCN. The van der Waals surface area contributed by atoms with Gasteiger partial charge in [-0.2, -0.15) is 0 Å². The fourth-order valence-electron chi connectivity index (χ4n) is 2.40. The van der Waals surface area contributed by atoms with Gasteiger partial charge in [-0.25, -0.2) is 0 Å². The average molecular weight is 302 g/mol. The van der Waals surface area contributed by atoms with E-state index in [9.17, 15) is 0 Å². The van der Waals surface area contributed by atoms with Gasteiger partial charge in [0.1, 0.15) is 0 Å². The highest BCUT2D eigenvalue weighted by Gasteiger charge is 2.01. The van der Waals surface area contributed by atoms with E-state index in [4.69, 9.17) is 5.73 Å². The van der Waals surface area contributed by atoms with E-state index >= 15 is 0 Å². The summed E-state index contributed by atoms with van der Waals surface area (Å²) in [5.74, 6) is 0.448. The van der Waals surface area contributed by atoms with Crippen LogP contribution in [0, 0.1) is 5.92 Å². The molecule has 2 N–H and O–H groups in total. The summed E-state index contributed by atoms with van der Waals surface area (Å²) in [6, 6.07) is 0. The van der Waals surface area contributed by atoms with Gasteiger partial charge in [0.15, 0.2) is 0 Å². The van der Waals surface area contributed by atoms with Gasteiger partial charge in [-0.1, -0.05) is 59.3 Å². The van der Waals surface area contributed by atoms with Crippen molar-refractivity contribution in [3.8, 4) is 0 Å². The van der Waals surface area contributed by atoms with Gasteiger partial charge in [0.25, 0.3) is 0 Å². The highest BCUT2D eigenvalue weighted by Crippen LogP contribution is 2.17. The third-order valence-corrected chi connectivity index (χ3v) is 3.83. The number of hydrogen-bond donors (Lipinski definition) is 1. The standard InChI is InChI=1S/C21H35N/c1-6-10-21(11-7-2)20(5)15-9-14-18(3)12-8-13-19(4)16-17-22/h6-7,10-12,15-16,21H,8-9,13-14,17,22H2,1-5H3. The molecule has 0 fully saturated rings. The van der Waals surface area contributed by atoms with Crippen LogP contribution in [0.4, 0.5) is 0 Å².